The molecule has 1 aromatic heterocycles. The molecule has 1 saturated heterocycles. The number of halogens is 2. The Labute approximate surface area is 169 Å². The normalized spacial score (nSPS) is 18.8. The first-order chi connectivity index (χ1) is 12.7. The van der Waals surface area contributed by atoms with Gasteiger partial charge in [-0.05, 0) is 36.8 Å². The molecule has 1 amide bonds. The fourth-order valence-electron chi connectivity index (χ4n) is 3.18. The third kappa shape index (κ3) is 4.68. The minimum atomic E-state index is -3.09. The van der Waals surface area contributed by atoms with Crippen molar-refractivity contribution in [3.8, 4) is 11.3 Å². The van der Waals surface area contributed by atoms with Crippen LogP contribution in [0.25, 0.3) is 11.3 Å². The van der Waals surface area contributed by atoms with Crippen molar-refractivity contribution in [3.63, 3.8) is 0 Å². The van der Waals surface area contributed by atoms with E-state index < -0.39 is 9.84 Å². The lowest BCUT2D eigenvalue weighted by Gasteiger charge is -2.29. The molecule has 0 N–H and O–H groups in total. The summed E-state index contributed by atoms with van der Waals surface area (Å²) in [5.74, 6) is 1.02. The fourth-order valence-corrected chi connectivity index (χ4v) is 5.20. The van der Waals surface area contributed by atoms with Gasteiger partial charge in [0, 0.05) is 17.5 Å². The molecule has 0 radical (unpaired) electrons. The second-order valence-corrected chi connectivity index (χ2v) is 10.1. The van der Waals surface area contributed by atoms with Gasteiger partial charge >= 0.3 is 0 Å². The van der Waals surface area contributed by atoms with Gasteiger partial charge in [-0.25, -0.2) is 8.42 Å². The van der Waals surface area contributed by atoms with Crippen molar-refractivity contribution in [2.24, 2.45) is 5.92 Å². The van der Waals surface area contributed by atoms with E-state index in [0.717, 1.165) is 5.56 Å². The number of rotatable bonds is 5. The topological polar surface area (TPSA) is 67.6 Å². The fraction of sp³-hybridized carbons (Fsp3) is 0.421. The Morgan fingerprint density at radius 3 is 2.56 bits per heavy atom. The van der Waals surface area contributed by atoms with Crippen molar-refractivity contribution in [1.82, 2.24) is 4.90 Å². The first-order valence-corrected chi connectivity index (χ1v) is 11.3. The summed E-state index contributed by atoms with van der Waals surface area (Å²) in [6.45, 7) is 3.85. The third-order valence-corrected chi connectivity index (χ3v) is 7.11. The van der Waals surface area contributed by atoms with E-state index >= 15 is 0 Å². The van der Waals surface area contributed by atoms with Gasteiger partial charge in [0.05, 0.1) is 28.1 Å². The summed E-state index contributed by atoms with van der Waals surface area (Å²) >= 11 is 12.0. The van der Waals surface area contributed by atoms with Crippen molar-refractivity contribution in [1.29, 1.82) is 0 Å². The van der Waals surface area contributed by atoms with Crippen LogP contribution in [-0.2, 0) is 21.2 Å². The van der Waals surface area contributed by atoms with Crippen molar-refractivity contribution >= 4 is 38.9 Å². The molecule has 0 spiro atoms. The molecule has 0 bridgehead atoms. The molecule has 146 valence electrons. The predicted octanol–water partition coefficient (Wildman–Crippen LogP) is 4.43. The highest BCUT2D eigenvalue weighted by molar-refractivity contribution is 7.91. The summed E-state index contributed by atoms with van der Waals surface area (Å²) in [6.07, 6.45) is 0.459. The molecular weight excluding hydrogens is 409 g/mol. The van der Waals surface area contributed by atoms with E-state index in [2.05, 4.69) is 0 Å². The van der Waals surface area contributed by atoms with Gasteiger partial charge in [0.1, 0.15) is 11.5 Å². The molecule has 5 nitrogen and oxygen atoms in total. The van der Waals surface area contributed by atoms with Crippen LogP contribution in [0.1, 0.15) is 26.0 Å². The van der Waals surface area contributed by atoms with Crippen LogP contribution < -0.4 is 0 Å². The monoisotopic (exact) mass is 429 g/mol. The first kappa shape index (κ1) is 20.2. The molecule has 1 fully saturated rings. The zero-order valence-corrected chi connectivity index (χ0v) is 17.4. The number of carbonyl (C=O) groups is 1. The molecule has 0 aliphatic carbocycles. The zero-order valence-electron chi connectivity index (χ0n) is 15.1. The van der Waals surface area contributed by atoms with Crippen molar-refractivity contribution in [2.45, 2.75) is 32.9 Å². The summed E-state index contributed by atoms with van der Waals surface area (Å²) in [5.41, 5.74) is 0.779. The smallest absolute Gasteiger partial charge is 0.225 e. The summed E-state index contributed by atoms with van der Waals surface area (Å²) in [4.78, 5) is 14.3. The lowest BCUT2D eigenvalue weighted by molar-refractivity contribution is -0.137. The SMILES string of the molecule is CC(C)C(=O)N(Cc1ccc(-c2ccc(Cl)c(Cl)c2)o1)[C@H]1CCS(=O)(=O)C1. The van der Waals surface area contributed by atoms with Gasteiger partial charge in [-0.1, -0.05) is 37.0 Å². The number of nitrogens with zero attached hydrogens (tertiary/aromatic N) is 1. The Hall–Kier alpha value is -1.50. The maximum atomic E-state index is 12.7. The second-order valence-electron chi connectivity index (χ2n) is 7.07. The van der Waals surface area contributed by atoms with Gasteiger partial charge in [0.15, 0.2) is 9.84 Å². The number of sulfone groups is 1. The highest BCUT2D eigenvalue weighted by atomic mass is 35.5. The van der Waals surface area contributed by atoms with E-state index in [1.807, 2.05) is 13.8 Å². The molecule has 0 unspecified atom stereocenters. The van der Waals surface area contributed by atoms with Crippen LogP contribution in [0.5, 0.6) is 0 Å². The molecule has 8 heteroatoms. The van der Waals surface area contributed by atoms with Crippen LogP contribution >= 0.6 is 23.2 Å². The Balaban J connectivity index is 1.83. The van der Waals surface area contributed by atoms with Gasteiger partial charge in [-0.15, -0.1) is 0 Å². The number of furan rings is 1. The van der Waals surface area contributed by atoms with Crippen LogP contribution in [0.2, 0.25) is 10.0 Å². The number of benzene rings is 1. The Morgan fingerprint density at radius 1 is 1.22 bits per heavy atom. The van der Waals surface area contributed by atoms with Crippen molar-refractivity contribution in [3.05, 3.63) is 46.1 Å². The largest absolute Gasteiger partial charge is 0.459 e. The van der Waals surface area contributed by atoms with Gasteiger partial charge in [0.2, 0.25) is 5.91 Å². The molecule has 2 heterocycles. The van der Waals surface area contributed by atoms with Crippen LogP contribution in [-0.4, -0.2) is 36.8 Å². The quantitative estimate of drug-likeness (QED) is 0.704. The average Bonchev–Trinajstić information content (AvgIpc) is 3.20. The lowest BCUT2D eigenvalue weighted by Crippen LogP contribution is -2.42. The summed E-state index contributed by atoms with van der Waals surface area (Å²) in [5, 5.41) is 0.892. The van der Waals surface area contributed by atoms with Crippen molar-refractivity contribution < 1.29 is 17.6 Å². The van der Waals surface area contributed by atoms with Gasteiger partial charge in [-0.3, -0.25) is 4.79 Å². The van der Waals surface area contributed by atoms with E-state index in [1.165, 1.54) is 0 Å². The van der Waals surface area contributed by atoms with Crippen LogP contribution in [0, 0.1) is 5.92 Å². The van der Waals surface area contributed by atoms with Crippen molar-refractivity contribution in [2.75, 3.05) is 11.5 Å². The predicted molar refractivity (Wildman–Crippen MR) is 107 cm³/mol. The Bertz CT molecular complexity index is 952. The van der Waals surface area contributed by atoms with E-state index in [9.17, 15) is 13.2 Å². The van der Waals surface area contributed by atoms with Crippen LogP contribution in [0.4, 0.5) is 0 Å². The molecule has 2 aromatic rings. The van der Waals surface area contributed by atoms with E-state index in [0.29, 0.717) is 28.0 Å². The van der Waals surface area contributed by atoms with E-state index in [4.69, 9.17) is 27.6 Å². The molecular formula is C19H21Cl2NO4S. The minimum absolute atomic E-state index is 0.00577. The summed E-state index contributed by atoms with van der Waals surface area (Å²) in [7, 11) is -3.09. The third-order valence-electron chi connectivity index (χ3n) is 4.62. The number of carbonyl (C=O) groups excluding carboxylic acids is 1. The first-order valence-electron chi connectivity index (χ1n) is 8.71. The number of amides is 1. The molecule has 3 rings (SSSR count). The highest BCUT2D eigenvalue weighted by Gasteiger charge is 2.35. The molecule has 1 aromatic carbocycles. The van der Waals surface area contributed by atoms with Crippen LogP contribution in [0.3, 0.4) is 0 Å². The maximum absolute atomic E-state index is 12.7. The Kier molecular flexibility index (Phi) is 5.89. The molecule has 0 saturated carbocycles. The summed E-state index contributed by atoms with van der Waals surface area (Å²) in [6, 6.07) is 8.49. The average molecular weight is 430 g/mol. The standard InChI is InChI=1S/C19H21Cl2NO4S/c1-12(2)19(23)22(14-7-8-27(24,25)11-14)10-15-4-6-18(26-15)13-3-5-16(20)17(21)9-13/h3-6,9,12,14H,7-8,10-11H2,1-2H3/t14-/m0/s1. The maximum Gasteiger partial charge on any atom is 0.225 e. The zero-order chi connectivity index (χ0) is 19.8. The lowest BCUT2D eigenvalue weighted by atomic mass is 10.1. The minimum Gasteiger partial charge on any atom is -0.459 e. The number of hydrogen-bond donors (Lipinski definition) is 0. The van der Waals surface area contributed by atoms with Gasteiger partial charge in [0.25, 0.3) is 0 Å². The second kappa shape index (κ2) is 7.86. The Morgan fingerprint density at radius 2 is 1.96 bits per heavy atom. The molecule has 1 atom stereocenters. The van der Waals surface area contributed by atoms with E-state index in [-0.39, 0.29) is 35.9 Å². The highest BCUT2D eigenvalue weighted by Crippen LogP contribution is 2.30. The van der Waals surface area contributed by atoms with E-state index in [1.54, 1.807) is 35.2 Å². The van der Waals surface area contributed by atoms with Gasteiger partial charge < -0.3 is 9.32 Å². The van der Waals surface area contributed by atoms with Crippen LogP contribution in [0.15, 0.2) is 34.7 Å². The molecule has 1 aliphatic rings. The molecule has 27 heavy (non-hydrogen) atoms. The molecule has 1 aliphatic heterocycles. The van der Waals surface area contributed by atoms with Gasteiger partial charge in [-0.2, -0.15) is 0 Å². The summed E-state index contributed by atoms with van der Waals surface area (Å²) < 4.78 is 29.6. The number of hydrogen-bond acceptors (Lipinski definition) is 4.